The van der Waals surface area contributed by atoms with E-state index in [2.05, 4.69) is 31.9 Å². The van der Waals surface area contributed by atoms with E-state index in [1.807, 2.05) is 13.0 Å². The molecule has 0 fully saturated rings. The summed E-state index contributed by atoms with van der Waals surface area (Å²) in [6.45, 7) is 1.14. The van der Waals surface area contributed by atoms with Gasteiger partial charge in [-0.15, -0.1) is 6.42 Å². The van der Waals surface area contributed by atoms with E-state index in [1.54, 1.807) is 12.1 Å². The molecular formula is C19H17BrN2O5S. The molecule has 0 aliphatic rings. The molecule has 0 bridgehead atoms. The van der Waals surface area contributed by atoms with Gasteiger partial charge in [0.1, 0.15) is 0 Å². The molecule has 0 atom stereocenters. The van der Waals surface area contributed by atoms with Crippen molar-refractivity contribution in [3.8, 4) is 12.3 Å². The first-order valence-corrected chi connectivity index (χ1v) is 10.3. The highest BCUT2D eigenvalue weighted by atomic mass is 79.9. The van der Waals surface area contributed by atoms with Crippen LogP contribution in [0.4, 0.5) is 5.69 Å². The molecule has 146 valence electrons. The third-order valence-corrected chi connectivity index (χ3v) is 5.43. The number of hydrogen-bond donors (Lipinski definition) is 2. The minimum Gasteiger partial charge on any atom is -0.452 e. The van der Waals surface area contributed by atoms with Gasteiger partial charge < -0.3 is 10.1 Å². The number of carbonyl (C=O) groups excluding carboxylic acids is 2. The molecule has 0 unspecified atom stereocenters. The van der Waals surface area contributed by atoms with Gasteiger partial charge in [0.25, 0.3) is 5.91 Å². The molecule has 0 saturated heterocycles. The zero-order chi connectivity index (χ0) is 20.7. The number of ether oxygens (including phenoxy) is 1. The number of anilines is 1. The molecule has 0 aliphatic heterocycles. The van der Waals surface area contributed by atoms with Gasteiger partial charge in [0.15, 0.2) is 6.61 Å². The van der Waals surface area contributed by atoms with Crippen LogP contribution in [0.25, 0.3) is 0 Å². The molecule has 0 aliphatic carbocycles. The number of benzene rings is 2. The van der Waals surface area contributed by atoms with Gasteiger partial charge in [-0.3, -0.25) is 4.79 Å². The van der Waals surface area contributed by atoms with Gasteiger partial charge in [-0.05, 0) is 48.9 Å². The van der Waals surface area contributed by atoms with E-state index in [9.17, 15) is 18.0 Å². The predicted octanol–water partition coefficient (Wildman–Crippen LogP) is 2.46. The number of nitrogens with one attached hydrogen (secondary N) is 2. The Bertz CT molecular complexity index is 1040. The average molecular weight is 465 g/mol. The molecule has 1 amide bonds. The lowest BCUT2D eigenvalue weighted by Gasteiger charge is -2.10. The fourth-order valence-corrected chi connectivity index (χ4v) is 3.63. The van der Waals surface area contributed by atoms with Crippen molar-refractivity contribution in [3.05, 3.63) is 58.1 Å². The maximum absolute atomic E-state index is 12.2. The van der Waals surface area contributed by atoms with Crippen molar-refractivity contribution in [2.24, 2.45) is 0 Å². The van der Waals surface area contributed by atoms with Crippen molar-refractivity contribution in [2.75, 3.05) is 18.5 Å². The maximum atomic E-state index is 12.2. The number of hydrogen-bond acceptors (Lipinski definition) is 5. The average Bonchev–Trinajstić information content (AvgIpc) is 2.67. The topological polar surface area (TPSA) is 102 Å². The Hall–Kier alpha value is -2.67. The van der Waals surface area contributed by atoms with Gasteiger partial charge in [0.2, 0.25) is 10.0 Å². The first-order chi connectivity index (χ1) is 13.2. The Morgan fingerprint density at radius 2 is 1.96 bits per heavy atom. The first kappa shape index (κ1) is 21.6. The summed E-state index contributed by atoms with van der Waals surface area (Å²) < 4.78 is 32.2. The van der Waals surface area contributed by atoms with E-state index in [0.717, 1.165) is 16.1 Å². The molecule has 0 saturated carbocycles. The van der Waals surface area contributed by atoms with Crippen molar-refractivity contribution in [1.82, 2.24) is 4.72 Å². The monoisotopic (exact) mass is 464 g/mol. The second-order valence-corrected chi connectivity index (χ2v) is 8.32. The van der Waals surface area contributed by atoms with Crippen molar-refractivity contribution in [1.29, 1.82) is 0 Å². The van der Waals surface area contributed by atoms with Crippen LogP contribution in [-0.2, 0) is 19.6 Å². The Morgan fingerprint density at radius 3 is 2.64 bits per heavy atom. The lowest BCUT2D eigenvalue weighted by molar-refractivity contribution is -0.119. The van der Waals surface area contributed by atoms with Gasteiger partial charge in [0, 0.05) is 10.2 Å². The van der Waals surface area contributed by atoms with Crippen LogP contribution in [0.5, 0.6) is 0 Å². The second kappa shape index (κ2) is 9.50. The summed E-state index contributed by atoms with van der Waals surface area (Å²) in [5.41, 5.74) is 1.43. The van der Waals surface area contributed by atoms with E-state index in [1.165, 1.54) is 18.2 Å². The van der Waals surface area contributed by atoms with E-state index in [0.29, 0.717) is 5.69 Å². The zero-order valence-corrected chi connectivity index (χ0v) is 17.3. The van der Waals surface area contributed by atoms with Crippen LogP contribution in [0.2, 0.25) is 0 Å². The van der Waals surface area contributed by atoms with Crippen LogP contribution < -0.4 is 10.0 Å². The van der Waals surface area contributed by atoms with Gasteiger partial charge in [-0.2, -0.15) is 4.72 Å². The highest BCUT2D eigenvalue weighted by molar-refractivity contribution is 9.10. The first-order valence-electron chi connectivity index (χ1n) is 7.99. The fourth-order valence-electron chi connectivity index (χ4n) is 2.18. The minimum absolute atomic E-state index is 0.00351. The maximum Gasteiger partial charge on any atom is 0.338 e. The Balaban J connectivity index is 2.00. The summed E-state index contributed by atoms with van der Waals surface area (Å²) in [6.07, 6.45) is 5.04. The van der Waals surface area contributed by atoms with Gasteiger partial charge >= 0.3 is 5.97 Å². The largest absolute Gasteiger partial charge is 0.452 e. The third kappa shape index (κ3) is 5.92. The number of esters is 1. The molecular weight excluding hydrogens is 448 g/mol. The van der Waals surface area contributed by atoms with Crippen LogP contribution in [0.15, 0.2) is 51.8 Å². The molecule has 0 spiro atoms. The normalized spacial score (nSPS) is 10.8. The fraction of sp³-hybridized carbons (Fsp3) is 0.158. The number of aryl methyl sites for hydroxylation is 1. The highest BCUT2D eigenvalue weighted by Gasteiger charge is 2.17. The number of carbonyl (C=O) groups is 2. The predicted molar refractivity (Wildman–Crippen MR) is 108 cm³/mol. The standard InChI is InChI=1S/C19H17BrN2O5S/c1-3-9-21-28(25,26)16-6-4-5-14(11-16)19(24)27-12-18(23)22-17-8-7-15(20)10-13(17)2/h1,4-8,10-11,21H,9,12H2,2H3,(H,22,23). The number of amides is 1. The lowest BCUT2D eigenvalue weighted by Crippen LogP contribution is -2.24. The Morgan fingerprint density at radius 1 is 1.21 bits per heavy atom. The zero-order valence-electron chi connectivity index (χ0n) is 14.9. The van der Waals surface area contributed by atoms with Crippen LogP contribution in [0.3, 0.4) is 0 Å². The summed E-state index contributed by atoms with van der Waals surface area (Å²) in [6, 6.07) is 10.6. The van der Waals surface area contributed by atoms with Crippen molar-refractivity contribution in [3.63, 3.8) is 0 Å². The molecule has 0 aromatic heterocycles. The van der Waals surface area contributed by atoms with Crippen LogP contribution >= 0.6 is 15.9 Å². The minimum atomic E-state index is -3.84. The van der Waals surface area contributed by atoms with Crippen LogP contribution in [0.1, 0.15) is 15.9 Å². The van der Waals surface area contributed by atoms with Crippen LogP contribution in [-0.4, -0.2) is 33.4 Å². The number of halogens is 1. The van der Waals surface area contributed by atoms with E-state index in [4.69, 9.17) is 11.2 Å². The molecule has 9 heteroatoms. The molecule has 2 aromatic rings. The van der Waals surface area contributed by atoms with Crippen molar-refractivity contribution < 1.29 is 22.7 Å². The molecule has 0 radical (unpaired) electrons. The van der Waals surface area contributed by atoms with E-state index >= 15 is 0 Å². The molecule has 0 heterocycles. The van der Waals surface area contributed by atoms with Crippen LogP contribution in [0, 0.1) is 19.3 Å². The quantitative estimate of drug-likeness (QED) is 0.483. The Kier molecular flexibility index (Phi) is 7.34. The number of sulfonamides is 1. The van der Waals surface area contributed by atoms with Gasteiger partial charge in [-0.1, -0.05) is 27.9 Å². The third-order valence-electron chi connectivity index (χ3n) is 3.54. The van der Waals surface area contributed by atoms with E-state index in [-0.39, 0.29) is 17.0 Å². The lowest BCUT2D eigenvalue weighted by atomic mass is 10.2. The Labute approximate surface area is 171 Å². The number of terminal acetylenes is 1. The highest BCUT2D eigenvalue weighted by Crippen LogP contribution is 2.20. The summed E-state index contributed by atoms with van der Waals surface area (Å²) in [5, 5.41) is 2.64. The molecule has 28 heavy (non-hydrogen) atoms. The summed E-state index contributed by atoms with van der Waals surface area (Å²) in [7, 11) is -3.84. The van der Waals surface area contributed by atoms with Crippen molar-refractivity contribution >= 4 is 43.5 Å². The van der Waals surface area contributed by atoms with E-state index < -0.39 is 28.5 Å². The van der Waals surface area contributed by atoms with Gasteiger partial charge in [0.05, 0.1) is 17.0 Å². The summed E-state index contributed by atoms with van der Waals surface area (Å²) in [4.78, 5) is 24.0. The van der Waals surface area contributed by atoms with Gasteiger partial charge in [-0.25, -0.2) is 13.2 Å². The molecule has 2 N–H and O–H groups in total. The SMILES string of the molecule is C#CCNS(=O)(=O)c1cccc(C(=O)OCC(=O)Nc2ccc(Br)cc2C)c1. The summed E-state index contributed by atoms with van der Waals surface area (Å²) >= 11 is 3.33. The van der Waals surface area contributed by atoms with Crippen molar-refractivity contribution in [2.45, 2.75) is 11.8 Å². The smallest absolute Gasteiger partial charge is 0.338 e. The summed E-state index contributed by atoms with van der Waals surface area (Å²) in [5.74, 6) is 0.824. The molecule has 7 nitrogen and oxygen atoms in total. The number of rotatable bonds is 7. The molecule has 2 rings (SSSR count). The second-order valence-electron chi connectivity index (χ2n) is 5.64. The molecule has 2 aromatic carbocycles.